The standard InChI is InChI=1S/C32H33ClN6O3/c1-3-31(40)38-28-13-25-27(14-30(28)41-17-20-10-21-15-39(2)16-22(21)11-20)35-19-36-32(25)37-23-7-8-29(26(33)12-23)42-18-24-6-4-5-9-34-24/h3-9,12-14,19-22H,1,10-11,15-18H2,2H3,(H,38,40)(H,35,36,37)/t20-,21+,22-. The number of pyridine rings is 1. The molecule has 9 nitrogen and oxygen atoms in total. The number of anilines is 3. The molecule has 2 fully saturated rings. The van der Waals surface area contributed by atoms with Gasteiger partial charge in [-0.15, -0.1) is 0 Å². The van der Waals surface area contributed by atoms with E-state index >= 15 is 0 Å². The van der Waals surface area contributed by atoms with E-state index in [1.807, 2.05) is 36.4 Å². The van der Waals surface area contributed by atoms with Crippen molar-refractivity contribution < 1.29 is 14.3 Å². The molecule has 1 aliphatic carbocycles. The second-order valence-corrected chi connectivity index (χ2v) is 11.5. The summed E-state index contributed by atoms with van der Waals surface area (Å²) in [5.41, 5.74) is 2.76. The van der Waals surface area contributed by atoms with Gasteiger partial charge in [-0.25, -0.2) is 9.97 Å². The number of nitrogens with zero attached hydrogens (tertiary/aromatic N) is 4. The van der Waals surface area contributed by atoms with Gasteiger partial charge >= 0.3 is 0 Å². The molecule has 2 aromatic heterocycles. The number of fused-ring (bicyclic) bond motifs is 2. The summed E-state index contributed by atoms with van der Waals surface area (Å²) in [7, 11) is 2.20. The molecule has 0 radical (unpaired) electrons. The Kier molecular flexibility index (Phi) is 8.21. The molecule has 3 atom stereocenters. The summed E-state index contributed by atoms with van der Waals surface area (Å²) in [6, 6.07) is 14.8. The van der Waals surface area contributed by atoms with Crippen LogP contribution in [0.5, 0.6) is 11.5 Å². The third kappa shape index (κ3) is 6.32. The highest BCUT2D eigenvalue weighted by Crippen LogP contribution is 2.42. The van der Waals surface area contributed by atoms with Gasteiger partial charge in [-0.2, -0.15) is 0 Å². The third-order valence-corrected chi connectivity index (χ3v) is 8.28. The Morgan fingerprint density at radius 1 is 1.07 bits per heavy atom. The van der Waals surface area contributed by atoms with Crippen LogP contribution in [-0.2, 0) is 11.4 Å². The molecule has 42 heavy (non-hydrogen) atoms. The maximum Gasteiger partial charge on any atom is 0.247 e. The summed E-state index contributed by atoms with van der Waals surface area (Å²) in [5, 5.41) is 7.39. The smallest absolute Gasteiger partial charge is 0.247 e. The quantitative estimate of drug-likeness (QED) is 0.216. The fourth-order valence-electron chi connectivity index (χ4n) is 6.06. The van der Waals surface area contributed by atoms with E-state index in [4.69, 9.17) is 21.1 Å². The van der Waals surface area contributed by atoms with Crippen LogP contribution in [-0.4, -0.2) is 52.5 Å². The van der Waals surface area contributed by atoms with Gasteiger partial charge in [-0.3, -0.25) is 9.78 Å². The molecule has 1 saturated heterocycles. The number of nitrogens with one attached hydrogen (secondary N) is 2. The van der Waals surface area contributed by atoms with E-state index in [9.17, 15) is 4.79 Å². The fraction of sp³-hybridized carbons (Fsp3) is 0.312. The Balaban J connectivity index is 1.20. The molecule has 1 saturated carbocycles. The van der Waals surface area contributed by atoms with E-state index in [0.717, 1.165) is 36.3 Å². The molecule has 6 rings (SSSR count). The largest absolute Gasteiger partial charge is 0.491 e. The third-order valence-electron chi connectivity index (χ3n) is 7.98. The number of rotatable bonds is 10. The van der Waals surface area contributed by atoms with Crippen molar-refractivity contribution in [2.45, 2.75) is 19.4 Å². The molecule has 4 aromatic rings. The summed E-state index contributed by atoms with van der Waals surface area (Å²) < 4.78 is 12.2. The van der Waals surface area contributed by atoms with Gasteiger partial charge in [-0.1, -0.05) is 24.2 Å². The Morgan fingerprint density at radius 2 is 1.90 bits per heavy atom. The van der Waals surface area contributed by atoms with Gasteiger partial charge < -0.3 is 25.0 Å². The number of carbonyl (C=O) groups is 1. The van der Waals surface area contributed by atoms with Crippen molar-refractivity contribution in [1.29, 1.82) is 0 Å². The first kappa shape index (κ1) is 27.9. The van der Waals surface area contributed by atoms with Gasteiger partial charge in [0, 0.05) is 36.4 Å². The van der Waals surface area contributed by atoms with E-state index in [1.54, 1.807) is 18.3 Å². The Morgan fingerprint density at radius 3 is 2.64 bits per heavy atom. The second-order valence-electron chi connectivity index (χ2n) is 11.1. The van der Waals surface area contributed by atoms with Crippen LogP contribution in [0.25, 0.3) is 10.9 Å². The minimum Gasteiger partial charge on any atom is -0.491 e. The van der Waals surface area contributed by atoms with Gasteiger partial charge in [-0.05, 0) is 80.1 Å². The maximum atomic E-state index is 12.3. The van der Waals surface area contributed by atoms with Crippen LogP contribution in [0.15, 0.2) is 73.7 Å². The van der Waals surface area contributed by atoms with Crippen molar-refractivity contribution >= 4 is 45.6 Å². The highest BCUT2D eigenvalue weighted by atomic mass is 35.5. The number of likely N-dealkylation sites (tertiary alicyclic amines) is 1. The lowest BCUT2D eigenvalue weighted by atomic mass is 10.0. The summed E-state index contributed by atoms with van der Waals surface area (Å²) in [6.45, 7) is 6.83. The molecule has 1 aliphatic heterocycles. The Bertz CT molecular complexity index is 1590. The fourth-order valence-corrected chi connectivity index (χ4v) is 6.29. The summed E-state index contributed by atoms with van der Waals surface area (Å²) >= 11 is 6.53. The zero-order valence-electron chi connectivity index (χ0n) is 23.4. The predicted molar refractivity (Wildman–Crippen MR) is 164 cm³/mol. The van der Waals surface area contributed by atoms with Crippen LogP contribution in [0.1, 0.15) is 18.5 Å². The molecular weight excluding hydrogens is 552 g/mol. The van der Waals surface area contributed by atoms with Crippen LogP contribution in [0, 0.1) is 17.8 Å². The topological polar surface area (TPSA) is 102 Å². The first-order valence-corrected chi connectivity index (χ1v) is 14.5. The van der Waals surface area contributed by atoms with E-state index < -0.39 is 0 Å². The Labute approximate surface area is 249 Å². The molecule has 0 unspecified atom stereocenters. The van der Waals surface area contributed by atoms with Crippen LogP contribution in [0.4, 0.5) is 17.2 Å². The average molecular weight is 585 g/mol. The number of halogens is 1. The monoisotopic (exact) mass is 584 g/mol. The molecule has 216 valence electrons. The molecule has 3 heterocycles. The van der Waals surface area contributed by atoms with Crippen LogP contribution in [0.2, 0.25) is 5.02 Å². The van der Waals surface area contributed by atoms with Gasteiger partial charge in [0.05, 0.1) is 28.5 Å². The van der Waals surface area contributed by atoms with Crippen LogP contribution < -0.4 is 20.1 Å². The van der Waals surface area contributed by atoms with Gasteiger partial charge in [0.15, 0.2) is 0 Å². The van der Waals surface area contributed by atoms with Gasteiger partial charge in [0.1, 0.15) is 30.3 Å². The minimum atomic E-state index is -0.322. The van der Waals surface area contributed by atoms with Gasteiger partial charge in [0.2, 0.25) is 5.91 Å². The number of hydrogen-bond donors (Lipinski definition) is 2. The number of carbonyl (C=O) groups excluding carboxylic acids is 1. The summed E-state index contributed by atoms with van der Waals surface area (Å²) in [4.78, 5) is 28.0. The normalized spacial score (nSPS) is 19.8. The van der Waals surface area contributed by atoms with Crippen molar-refractivity contribution in [3.63, 3.8) is 0 Å². The van der Waals surface area contributed by atoms with Gasteiger partial charge in [0.25, 0.3) is 0 Å². The van der Waals surface area contributed by atoms with E-state index in [-0.39, 0.29) is 5.91 Å². The number of hydrogen-bond acceptors (Lipinski definition) is 8. The SMILES string of the molecule is C=CC(=O)Nc1cc2c(Nc3ccc(OCc4ccccn4)c(Cl)c3)ncnc2cc1OC[C@H]1C[C@@H]2CN(C)C[C@@H]2C1. The first-order chi connectivity index (χ1) is 20.4. The maximum absolute atomic E-state index is 12.3. The van der Waals surface area contributed by atoms with Crippen molar-refractivity contribution in [2.75, 3.05) is 37.4 Å². The van der Waals surface area contributed by atoms with Crippen LogP contribution >= 0.6 is 11.6 Å². The first-order valence-electron chi connectivity index (χ1n) is 14.1. The zero-order valence-corrected chi connectivity index (χ0v) is 24.2. The van der Waals surface area contributed by atoms with Crippen molar-refractivity contribution in [3.05, 3.63) is 84.4 Å². The highest BCUT2D eigenvalue weighted by Gasteiger charge is 2.39. The molecule has 0 bridgehead atoms. The molecule has 0 spiro atoms. The highest BCUT2D eigenvalue weighted by molar-refractivity contribution is 6.32. The summed E-state index contributed by atoms with van der Waals surface area (Å²) in [6.07, 6.45) is 6.80. The number of benzene rings is 2. The lowest BCUT2D eigenvalue weighted by Gasteiger charge is -2.18. The number of amides is 1. The van der Waals surface area contributed by atoms with E-state index in [0.29, 0.717) is 58.1 Å². The van der Waals surface area contributed by atoms with E-state index in [1.165, 1.54) is 25.2 Å². The lowest BCUT2D eigenvalue weighted by Crippen LogP contribution is -2.18. The summed E-state index contributed by atoms with van der Waals surface area (Å²) in [5.74, 6) is 3.36. The number of ether oxygens (including phenoxy) is 2. The van der Waals surface area contributed by atoms with Crippen molar-refractivity contribution in [3.8, 4) is 11.5 Å². The van der Waals surface area contributed by atoms with Crippen molar-refractivity contribution in [2.24, 2.45) is 17.8 Å². The zero-order chi connectivity index (χ0) is 29.1. The molecule has 2 aromatic carbocycles. The van der Waals surface area contributed by atoms with E-state index in [2.05, 4.69) is 44.1 Å². The molecular formula is C32H33ClN6O3. The number of aromatic nitrogens is 3. The van der Waals surface area contributed by atoms with Crippen molar-refractivity contribution in [1.82, 2.24) is 19.9 Å². The lowest BCUT2D eigenvalue weighted by molar-refractivity contribution is -0.111. The Hall–Kier alpha value is -4.21. The second kappa shape index (κ2) is 12.3. The average Bonchev–Trinajstić information content (AvgIpc) is 3.53. The predicted octanol–water partition coefficient (Wildman–Crippen LogP) is 6.09. The minimum absolute atomic E-state index is 0.312. The molecule has 1 amide bonds. The molecule has 2 N–H and O–H groups in total. The molecule has 2 aliphatic rings. The van der Waals surface area contributed by atoms with Crippen LogP contribution in [0.3, 0.4) is 0 Å². The molecule has 10 heteroatoms.